The van der Waals surface area contributed by atoms with Crippen LogP contribution in [0.1, 0.15) is 16.8 Å². The zero-order chi connectivity index (χ0) is 25.2. The van der Waals surface area contributed by atoms with Crippen LogP contribution >= 0.6 is 0 Å². The number of carbonyl (C=O) groups is 1. The number of allylic oxidation sites excluding steroid dienone is 1. The molecule has 1 amide bonds. The Labute approximate surface area is 210 Å². The van der Waals surface area contributed by atoms with Crippen molar-refractivity contribution in [3.63, 3.8) is 0 Å². The third-order valence-electron chi connectivity index (χ3n) is 6.79. The Morgan fingerprint density at radius 2 is 1.78 bits per heavy atom. The molecule has 2 aromatic heterocycles. The molecule has 4 aromatic rings. The summed E-state index contributed by atoms with van der Waals surface area (Å²) >= 11 is 0. The van der Waals surface area contributed by atoms with Crippen molar-refractivity contribution in [2.75, 3.05) is 31.1 Å². The van der Waals surface area contributed by atoms with Crippen molar-refractivity contribution in [3.05, 3.63) is 94.4 Å². The van der Waals surface area contributed by atoms with Gasteiger partial charge in [-0.3, -0.25) is 9.59 Å². The molecule has 1 aliphatic heterocycles. The van der Waals surface area contributed by atoms with E-state index in [0.717, 1.165) is 18.7 Å². The standard InChI is InChI=1S/C28H30N6O2/c1-4-13-33-21(3)24(27(36)34-28(33)29-26(30-34)22-10-6-5-7-11-22)19-25(35)32-16-14-31(15-17-32)23-12-8-9-20(2)18-23/h4-12,18H,1,13-17,19H2,2-3H3. The second-order valence-electron chi connectivity index (χ2n) is 9.17. The summed E-state index contributed by atoms with van der Waals surface area (Å²) in [5.74, 6) is 0.867. The van der Waals surface area contributed by atoms with E-state index in [1.807, 2.05) is 46.7 Å². The van der Waals surface area contributed by atoms with Gasteiger partial charge in [-0.1, -0.05) is 48.5 Å². The van der Waals surface area contributed by atoms with E-state index in [4.69, 9.17) is 0 Å². The lowest BCUT2D eigenvalue weighted by Crippen LogP contribution is -2.49. The molecule has 3 heterocycles. The summed E-state index contributed by atoms with van der Waals surface area (Å²) in [4.78, 5) is 35.6. The van der Waals surface area contributed by atoms with Gasteiger partial charge in [-0.05, 0) is 31.5 Å². The first kappa shape index (κ1) is 23.5. The Balaban J connectivity index is 1.41. The van der Waals surface area contributed by atoms with E-state index < -0.39 is 0 Å². The number of hydrogen-bond donors (Lipinski definition) is 0. The molecule has 8 heteroatoms. The molecule has 0 unspecified atom stereocenters. The first-order chi connectivity index (χ1) is 17.5. The third-order valence-corrected chi connectivity index (χ3v) is 6.79. The van der Waals surface area contributed by atoms with Crippen LogP contribution in [0.2, 0.25) is 0 Å². The van der Waals surface area contributed by atoms with Crippen LogP contribution in [0.3, 0.4) is 0 Å². The highest BCUT2D eigenvalue weighted by molar-refractivity contribution is 5.79. The largest absolute Gasteiger partial charge is 0.368 e. The molecule has 5 rings (SSSR count). The molecule has 184 valence electrons. The number of aryl methyl sites for hydroxylation is 1. The van der Waals surface area contributed by atoms with Crippen LogP contribution in [-0.4, -0.2) is 56.2 Å². The molecule has 0 bridgehead atoms. The molecular weight excluding hydrogens is 452 g/mol. The van der Waals surface area contributed by atoms with Gasteiger partial charge < -0.3 is 14.4 Å². The molecule has 1 fully saturated rings. The molecule has 2 aromatic carbocycles. The highest BCUT2D eigenvalue weighted by atomic mass is 16.2. The van der Waals surface area contributed by atoms with E-state index >= 15 is 0 Å². The highest BCUT2D eigenvalue weighted by Gasteiger charge is 2.25. The van der Waals surface area contributed by atoms with Crippen molar-refractivity contribution in [1.82, 2.24) is 24.1 Å². The zero-order valence-electron chi connectivity index (χ0n) is 20.7. The molecular formula is C28H30N6O2. The Hall–Kier alpha value is -4.20. The smallest absolute Gasteiger partial charge is 0.279 e. The highest BCUT2D eigenvalue weighted by Crippen LogP contribution is 2.20. The van der Waals surface area contributed by atoms with Crippen molar-refractivity contribution in [1.29, 1.82) is 0 Å². The van der Waals surface area contributed by atoms with Gasteiger partial charge in [0.15, 0.2) is 5.82 Å². The van der Waals surface area contributed by atoms with Crippen LogP contribution in [0.25, 0.3) is 17.2 Å². The number of hydrogen-bond acceptors (Lipinski definition) is 5. The fourth-order valence-corrected chi connectivity index (χ4v) is 4.77. The summed E-state index contributed by atoms with van der Waals surface area (Å²) in [5, 5.41) is 4.50. The maximum absolute atomic E-state index is 13.5. The fourth-order valence-electron chi connectivity index (χ4n) is 4.77. The van der Waals surface area contributed by atoms with E-state index in [0.29, 0.717) is 42.5 Å². The quantitative estimate of drug-likeness (QED) is 0.395. The number of aromatic nitrogens is 4. The fraction of sp³-hybridized carbons (Fsp3) is 0.286. The monoisotopic (exact) mass is 482 g/mol. The van der Waals surface area contributed by atoms with Crippen LogP contribution in [-0.2, 0) is 17.8 Å². The van der Waals surface area contributed by atoms with Crippen molar-refractivity contribution in [2.45, 2.75) is 26.8 Å². The maximum atomic E-state index is 13.5. The Morgan fingerprint density at radius 3 is 2.47 bits per heavy atom. The first-order valence-corrected chi connectivity index (χ1v) is 12.2. The number of piperazine rings is 1. The summed E-state index contributed by atoms with van der Waals surface area (Å²) in [6.07, 6.45) is 1.78. The summed E-state index contributed by atoms with van der Waals surface area (Å²) < 4.78 is 3.21. The maximum Gasteiger partial charge on any atom is 0.279 e. The molecule has 1 saturated heterocycles. The van der Waals surface area contributed by atoms with Gasteiger partial charge in [0, 0.05) is 55.2 Å². The molecule has 0 saturated carbocycles. The van der Waals surface area contributed by atoms with E-state index in [9.17, 15) is 9.59 Å². The average Bonchev–Trinajstić information content (AvgIpc) is 3.35. The molecule has 0 aliphatic carbocycles. The summed E-state index contributed by atoms with van der Waals surface area (Å²) in [5.41, 5.74) is 4.08. The van der Waals surface area contributed by atoms with Crippen LogP contribution in [0.4, 0.5) is 5.69 Å². The number of fused-ring (bicyclic) bond motifs is 1. The normalized spacial score (nSPS) is 13.8. The number of carbonyl (C=O) groups excluding carboxylic acids is 1. The lowest BCUT2D eigenvalue weighted by Gasteiger charge is -2.36. The summed E-state index contributed by atoms with van der Waals surface area (Å²) in [6.45, 7) is 11.0. The number of rotatable bonds is 6. The van der Waals surface area contributed by atoms with Crippen molar-refractivity contribution in [3.8, 4) is 11.4 Å². The predicted molar refractivity (Wildman–Crippen MR) is 141 cm³/mol. The summed E-state index contributed by atoms with van der Waals surface area (Å²) in [6, 6.07) is 18.0. The molecule has 36 heavy (non-hydrogen) atoms. The van der Waals surface area contributed by atoms with Gasteiger partial charge in [0.25, 0.3) is 5.56 Å². The van der Waals surface area contributed by atoms with Crippen LogP contribution in [0, 0.1) is 13.8 Å². The second-order valence-corrected chi connectivity index (χ2v) is 9.17. The Morgan fingerprint density at radius 1 is 1.03 bits per heavy atom. The molecule has 1 aliphatic rings. The van der Waals surface area contributed by atoms with Crippen LogP contribution in [0.15, 0.2) is 72.0 Å². The van der Waals surface area contributed by atoms with Crippen LogP contribution < -0.4 is 10.5 Å². The van der Waals surface area contributed by atoms with Gasteiger partial charge in [-0.25, -0.2) is 0 Å². The Kier molecular flexibility index (Phi) is 6.41. The SMILES string of the molecule is C=CCn1c(C)c(CC(=O)N2CCN(c3cccc(C)c3)CC2)c(=O)n2nc(-c3ccccc3)nc12. The average molecular weight is 483 g/mol. The molecule has 8 nitrogen and oxygen atoms in total. The van der Waals surface area contributed by atoms with Gasteiger partial charge in [0.1, 0.15) is 0 Å². The van der Waals surface area contributed by atoms with Crippen LogP contribution in [0.5, 0.6) is 0 Å². The predicted octanol–water partition coefficient (Wildman–Crippen LogP) is 3.25. The molecule has 0 spiro atoms. The lowest BCUT2D eigenvalue weighted by molar-refractivity contribution is -0.130. The minimum absolute atomic E-state index is 0.0305. The second kappa shape index (κ2) is 9.81. The van der Waals surface area contributed by atoms with Gasteiger partial charge >= 0.3 is 0 Å². The number of amides is 1. The minimum atomic E-state index is -0.302. The lowest BCUT2D eigenvalue weighted by atomic mass is 10.1. The van der Waals surface area contributed by atoms with Gasteiger partial charge in [-0.2, -0.15) is 9.50 Å². The first-order valence-electron chi connectivity index (χ1n) is 12.2. The zero-order valence-corrected chi connectivity index (χ0v) is 20.7. The molecule has 0 N–H and O–H groups in total. The van der Waals surface area contributed by atoms with Crippen molar-refractivity contribution in [2.24, 2.45) is 0 Å². The van der Waals surface area contributed by atoms with Crippen molar-refractivity contribution >= 4 is 17.4 Å². The topological polar surface area (TPSA) is 75.7 Å². The summed E-state index contributed by atoms with van der Waals surface area (Å²) in [7, 11) is 0. The van der Waals surface area contributed by atoms with E-state index in [-0.39, 0.29) is 17.9 Å². The van der Waals surface area contributed by atoms with Crippen molar-refractivity contribution < 1.29 is 4.79 Å². The van der Waals surface area contributed by atoms with E-state index in [1.165, 1.54) is 15.8 Å². The minimum Gasteiger partial charge on any atom is -0.368 e. The number of benzene rings is 2. The number of anilines is 1. The third kappa shape index (κ3) is 4.42. The van der Waals surface area contributed by atoms with E-state index in [2.05, 4.69) is 52.8 Å². The molecule has 0 radical (unpaired) electrons. The van der Waals surface area contributed by atoms with Gasteiger partial charge in [0.2, 0.25) is 11.7 Å². The number of nitrogens with zero attached hydrogens (tertiary/aromatic N) is 6. The van der Waals surface area contributed by atoms with Gasteiger partial charge in [0.05, 0.1) is 6.42 Å². The molecule has 0 atom stereocenters. The Bertz CT molecular complexity index is 1480. The van der Waals surface area contributed by atoms with Gasteiger partial charge in [-0.15, -0.1) is 11.7 Å². The van der Waals surface area contributed by atoms with E-state index in [1.54, 1.807) is 6.08 Å².